The van der Waals surface area contributed by atoms with Crippen LogP contribution in [-0.2, 0) is 16.1 Å². The molecule has 1 aromatic rings. The number of piperazine rings is 1. The van der Waals surface area contributed by atoms with E-state index in [2.05, 4.69) is 20.4 Å². The van der Waals surface area contributed by atoms with Crippen molar-refractivity contribution >= 4 is 23.6 Å². The minimum atomic E-state index is -0.930. The van der Waals surface area contributed by atoms with Crippen LogP contribution in [0.5, 0.6) is 0 Å². The summed E-state index contributed by atoms with van der Waals surface area (Å²) in [4.78, 5) is 54.9. The molecular weight excluding hydrogens is 386 g/mol. The van der Waals surface area contributed by atoms with Gasteiger partial charge in [-0.2, -0.15) is 0 Å². The van der Waals surface area contributed by atoms with Crippen LogP contribution in [0.15, 0.2) is 18.2 Å². The normalized spacial score (nSPS) is 22.6. The smallest absolute Gasteiger partial charge is 0.262 e. The molecule has 0 bridgehead atoms. The average Bonchev–Trinajstić information content (AvgIpc) is 2.97. The van der Waals surface area contributed by atoms with Crippen LogP contribution in [-0.4, -0.2) is 90.7 Å². The molecule has 0 spiro atoms. The second kappa shape index (κ2) is 8.63. The molecule has 9 nitrogen and oxygen atoms in total. The SMILES string of the molecule is CN(CCN1CCNCC1)Cc1ccc2c(c1)C(=O)N(C1CCC(=O)NC1=O)C2=O. The summed E-state index contributed by atoms with van der Waals surface area (Å²) >= 11 is 0. The lowest BCUT2D eigenvalue weighted by Crippen LogP contribution is -2.54. The van der Waals surface area contributed by atoms with Gasteiger partial charge in [0, 0.05) is 52.2 Å². The van der Waals surface area contributed by atoms with Crippen LogP contribution in [0.25, 0.3) is 0 Å². The lowest BCUT2D eigenvalue weighted by atomic mass is 10.0. The molecule has 2 fully saturated rings. The summed E-state index contributed by atoms with van der Waals surface area (Å²) in [7, 11) is 2.04. The van der Waals surface area contributed by atoms with Crippen molar-refractivity contribution in [2.24, 2.45) is 0 Å². The largest absolute Gasteiger partial charge is 0.314 e. The van der Waals surface area contributed by atoms with Crippen LogP contribution in [0.1, 0.15) is 39.1 Å². The molecule has 3 aliphatic rings. The number of nitrogens with zero attached hydrogens (tertiary/aromatic N) is 3. The van der Waals surface area contributed by atoms with E-state index < -0.39 is 23.8 Å². The van der Waals surface area contributed by atoms with E-state index in [1.165, 1.54) is 0 Å². The molecule has 0 radical (unpaired) electrons. The van der Waals surface area contributed by atoms with E-state index in [0.717, 1.165) is 49.7 Å². The maximum Gasteiger partial charge on any atom is 0.262 e. The van der Waals surface area contributed by atoms with Gasteiger partial charge in [-0.05, 0) is 31.2 Å². The molecule has 3 heterocycles. The van der Waals surface area contributed by atoms with Crippen molar-refractivity contribution in [3.05, 3.63) is 34.9 Å². The zero-order valence-corrected chi connectivity index (χ0v) is 17.1. The fourth-order valence-corrected chi connectivity index (χ4v) is 4.25. The molecule has 1 atom stereocenters. The van der Waals surface area contributed by atoms with Gasteiger partial charge in [0.25, 0.3) is 11.8 Å². The van der Waals surface area contributed by atoms with Crippen molar-refractivity contribution in [1.29, 1.82) is 0 Å². The second-order valence-electron chi connectivity index (χ2n) is 8.16. The number of nitrogens with one attached hydrogen (secondary N) is 2. The van der Waals surface area contributed by atoms with Crippen molar-refractivity contribution in [2.75, 3.05) is 46.3 Å². The second-order valence-corrected chi connectivity index (χ2v) is 8.16. The monoisotopic (exact) mass is 413 g/mol. The van der Waals surface area contributed by atoms with Crippen molar-refractivity contribution in [3.8, 4) is 0 Å². The Morgan fingerprint density at radius 2 is 1.80 bits per heavy atom. The molecule has 0 saturated carbocycles. The molecule has 30 heavy (non-hydrogen) atoms. The molecule has 2 saturated heterocycles. The van der Waals surface area contributed by atoms with Crippen LogP contribution in [0, 0.1) is 0 Å². The van der Waals surface area contributed by atoms with Gasteiger partial charge >= 0.3 is 0 Å². The summed E-state index contributed by atoms with van der Waals surface area (Å²) in [6.07, 6.45) is 0.282. The first-order chi connectivity index (χ1) is 14.4. The Morgan fingerprint density at radius 3 is 2.53 bits per heavy atom. The lowest BCUT2D eigenvalue weighted by Gasteiger charge is -2.29. The molecule has 1 unspecified atom stereocenters. The van der Waals surface area contributed by atoms with Gasteiger partial charge in [0.2, 0.25) is 11.8 Å². The Kier molecular flexibility index (Phi) is 5.94. The lowest BCUT2D eigenvalue weighted by molar-refractivity contribution is -0.136. The predicted octanol–water partition coefficient (Wildman–Crippen LogP) is -0.575. The van der Waals surface area contributed by atoms with Gasteiger partial charge in [0.05, 0.1) is 11.1 Å². The number of rotatable bonds is 6. The maximum absolute atomic E-state index is 12.9. The standard InChI is InChI=1S/C21H27N5O4/c1-24(10-11-25-8-6-22-7-9-25)13-14-2-3-15-16(12-14)21(30)26(20(15)29)17-4-5-18(27)23-19(17)28/h2-3,12,17,22H,4-11,13H2,1H3,(H,23,27,28). The van der Waals surface area contributed by atoms with E-state index in [1.54, 1.807) is 12.1 Å². The van der Waals surface area contributed by atoms with Gasteiger partial charge < -0.3 is 10.2 Å². The summed E-state index contributed by atoms with van der Waals surface area (Å²) in [6.45, 7) is 6.72. The number of hydrogen-bond donors (Lipinski definition) is 2. The summed E-state index contributed by atoms with van der Waals surface area (Å²) in [5, 5.41) is 5.56. The molecule has 160 valence electrons. The first-order valence-corrected chi connectivity index (χ1v) is 10.4. The number of fused-ring (bicyclic) bond motifs is 1. The quantitative estimate of drug-likeness (QED) is 0.602. The van der Waals surface area contributed by atoms with Gasteiger partial charge in [-0.25, -0.2) is 0 Å². The van der Waals surface area contributed by atoms with E-state index in [9.17, 15) is 19.2 Å². The van der Waals surface area contributed by atoms with Crippen LogP contribution in [0.2, 0.25) is 0 Å². The van der Waals surface area contributed by atoms with E-state index in [0.29, 0.717) is 17.7 Å². The molecule has 9 heteroatoms. The van der Waals surface area contributed by atoms with Gasteiger partial charge in [0.1, 0.15) is 6.04 Å². The van der Waals surface area contributed by atoms with Crippen molar-refractivity contribution in [2.45, 2.75) is 25.4 Å². The third kappa shape index (κ3) is 4.14. The number of amides is 4. The summed E-state index contributed by atoms with van der Waals surface area (Å²) in [6, 6.07) is 4.35. The number of hydrogen-bond acceptors (Lipinski definition) is 7. The number of piperidine rings is 1. The highest BCUT2D eigenvalue weighted by Gasteiger charge is 2.44. The first-order valence-electron chi connectivity index (χ1n) is 10.4. The maximum atomic E-state index is 12.9. The van der Waals surface area contributed by atoms with Gasteiger partial charge in [0.15, 0.2) is 0 Å². The Hall–Kier alpha value is -2.62. The van der Waals surface area contributed by atoms with Gasteiger partial charge in [-0.3, -0.25) is 34.3 Å². The molecule has 2 N–H and O–H groups in total. The molecule has 3 aliphatic heterocycles. The molecular formula is C21H27N5O4. The zero-order chi connectivity index (χ0) is 21.3. The highest BCUT2D eigenvalue weighted by atomic mass is 16.2. The number of benzene rings is 1. The number of carbonyl (C=O) groups is 4. The third-order valence-electron chi connectivity index (χ3n) is 5.96. The van der Waals surface area contributed by atoms with Crippen LogP contribution in [0.3, 0.4) is 0 Å². The Morgan fingerprint density at radius 1 is 1.07 bits per heavy atom. The van der Waals surface area contributed by atoms with Crippen molar-refractivity contribution in [3.63, 3.8) is 0 Å². The van der Waals surface area contributed by atoms with Crippen LogP contribution < -0.4 is 10.6 Å². The van der Waals surface area contributed by atoms with E-state index in [4.69, 9.17) is 0 Å². The topological polar surface area (TPSA) is 102 Å². The van der Waals surface area contributed by atoms with Crippen molar-refractivity contribution in [1.82, 2.24) is 25.3 Å². The Labute approximate surface area is 175 Å². The van der Waals surface area contributed by atoms with E-state index >= 15 is 0 Å². The fraction of sp³-hybridized carbons (Fsp3) is 0.524. The van der Waals surface area contributed by atoms with Gasteiger partial charge in [-0.1, -0.05) is 6.07 Å². The highest BCUT2D eigenvalue weighted by Crippen LogP contribution is 2.28. The zero-order valence-electron chi connectivity index (χ0n) is 17.1. The Balaban J connectivity index is 1.41. The minimum Gasteiger partial charge on any atom is -0.314 e. The van der Waals surface area contributed by atoms with Crippen LogP contribution in [0.4, 0.5) is 0 Å². The molecule has 0 aromatic heterocycles. The number of carbonyl (C=O) groups excluding carboxylic acids is 4. The van der Waals surface area contributed by atoms with E-state index in [-0.39, 0.29) is 18.7 Å². The third-order valence-corrected chi connectivity index (χ3v) is 5.96. The minimum absolute atomic E-state index is 0.118. The number of imide groups is 2. The van der Waals surface area contributed by atoms with E-state index in [1.807, 2.05) is 13.1 Å². The fourth-order valence-electron chi connectivity index (χ4n) is 4.25. The molecule has 4 rings (SSSR count). The Bertz CT molecular complexity index is 880. The predicted molar refractivity (Wildman–Crippen MR) is 109 cm³/mol. The van der Waals surface area contributed by atoms with Gasteiger partial charge in [-0.15, -0.1) is 0 Å². The highest BCUT2D eigenvalue weighted by molar-refractivity contribution is 6.23. The summed E-state index contributed by atoms with van der Waals surface area (Å²) in [5.41, 5.74) is 1.59. The molecule has 1 aromatic carbocycles. The van der Waals surface area contributed by atoms with Crippen molar-refractivity contribution < 1.29 is 19.2 Å². The average molecular weight is 413 g/mol. The van der Waals surface area contributed by atoms with Crippen LogP contribution >= 0.6 is 0 Å². The number of likely N-dealkylation sites (N-methyl/N-ethyl adjacent to an activating group) is 1. The molecule has 0 aliphatic carbocycles. The first kappa shape index (κ1) is 20.6. The summed E-state index contributed by atoms with van der Waals surface area (Å²) < 4.78 is 0. The summed E-state index contributed by atoms with van der Waals surface area (Å²) in [5.74, 6) is -1.90. The molecule has 4 amide bonds.